The number of benzene rings is 1. The van der Waals surface area contributed by atoms with E-state index in [-0.39, 0.29) is 34.4 Å². The number of aliphatic hydroxyl groups excluding tert-OH is 1. The van der Waals surface area contributed by atoms with Crippen molar-refractivity contribution in [3.8, 4) is 5.75 Å². The summed E-state index contributed by atoms with van der Waals surface area (Å²) in [4.78, 5) is 46.8. The van der Waals surface area contributed by atoms with Gasteiger partial charge in [-0.25, -0.2) is 27.1 Å². The van der Waals surface area contributed by atoms with E-state index in [2.05, 4.69) is 37.9 Å². The van der Waals surface area contributed by atoms with Crippen molar-refractivity contribution in [3.05, 3.63) is 41.9 Å². The molecule has 19 nitrogen and oxygen atoms in total. The first-order valence-electron chi connectivity index (χ1n) is 13.1. The predicted molar refractivity (Wildman–Crippen MR) is 162 cm³/mol. The van der Waals surface area contributed by atoms with Crippen LogP contribution in [0.1, 0.15) is 12.6 Å². The molecule has 1 fully saturated rings. The van der Waals surface area contributed by atoms with E-state index in [9.17, 15) is 33.4 Å². The number of esters is 1. The molecule has 2 aromatic heterocycles. The second-order valence-electron chi connectivity index (χ2n) is 9.47. The maximum absolute atomic E-state index is 15.1. The summed E-state index contributed by atoms with van der Waals surface area (Å²) in [6.45, 7) is -1.09. The number of phosphoric acid groups is 2. The summed E-state index contributed by atoms with van der Waals surface area (Å²) < 4.78 is 83.9. The molecule has 0 spiro atoms. The molecule has 0 aliphatic carbocycles. The highest BCUT2D eigenvalue weighted by atomic mass is 35.5. The number of halogens is 2. The van der Waals surface area contributed by atoms with Gasteiger partial charge in [0.05, 0.1) is 20.0 Å². The number of rotatable bonds is 16. The lowest BCUT2D eigenvalue weighted by atomic mass is 10.1. The summed E-state index contributed by atoms with van der Waals surface area (Å²) in [5, 5.41) is 12.3. The monoisotopic (exact) mass is 763 g/mol. The number of anilines is 1. The number of phosphoric ester groups is 1. The van der Waals surface area contributed by atoms with Crippen LogP contribution in [0, 0.1) is 0 Å². The minimum atomic E-state index is -6.09. The fourth-order valence-corrected chi connectivity index (χ4v) is 9.13. The van der Waals surface area contributed by atoms with Crippen molar-refractivity contribution >= 4 is 69.7 Å². The van der Waals surface area contributed by atoms with Crippen LogP contribution < -0.4 is 20.2 Å². The Hall–Kier alpha value is -2.22. The number of nitrogens with zero attached hydrogens (tertiary/aromatic N) is 4. The summed E-state index contributed by atoms with van der Waals surface area (Å²) in [6.07, 6.45) is -4.64. The van der Waals surface area contributed by atoms with Gasteiger partial charge in [0, 0.05) is 0 Å². The smallest absolute Gasteiger partial charge is 0.478 e. The Morgan fingerprint density at radius 1 is 1.28 bits per heavy atom. The molecular weight excluding hydrogens is 736 g/mol. The van der Waals surface area contributed by atoms with E-state index in [0.717, 1.165) is 18.0 Å². The molecule has 260 valence electrons. The van der Waals surface area contributed by atoms with Crippen molar-refractivity contribution in [1.29, 1.82) is 0 Å². The summed E-state index contributed by atoms with van der Waals surface area (Å²) in [6, 6.07) is 5.63. The number of ether oxygens (including phenoxy) is 2. The number of imidazole rings is 1. The molecule has 47 heavy (non-hydrogen) atoms. The van der Waals surface area contributed by atoms with Crippen LogP contribution in [-0.2, 0) is 41.1 Å². The normalized spacial score (nSPS) is 24.2. The summed E-state index contributed by atoms with van der Waals surface area (Å²) in [7, 11) is -15.9. The average molecular weight is 764 g/mol. The minimum absolute atomic E-state index is 0.0204. The van der Waals surface area contributed by atoms with Gasteiger partial charge in [0.2, 0.25) is 5.28 Å². The Kier molecular flexibility index (Phi) is 12.4. The second-order valence-corrected chi connectivity index (χ2v) is 15.6. The zero-order valence-electron chi connectivity index (χ0n) is 24.2. The van der Waals surface area contributed by atoms with Crippen molar-refractivity contribution in [2.75, 3.05) is 31.5 Å². The number of hydrogen-bond donors (Lipinski definition) is 4. The molecule has 3 heterocycles. The van der Waals surface area contributed by atoms with Crippen molar-refractivity contribution in [1.82, 2.24) is 24.6 Å². The molecule has 1 aliphatic heterocycles. The lowest BCUT2D eigenvalue weighted by Gasteiger charge is -2.30. The first kappa shape index (κ1) is 37.6. The van der Waals surface area contributed by atoms with E-state index >= 15 is 4.39 Å². The van der Waals surface area contributed by atoms with Gasteiger partial charge in [-0.15, -0.1) is 0 Å². The summed E-state index contributed by atoms with van der Waals surface area (Å²) in [5.41, 5.74) is 5.74. The minimum Gasteiger partial charge on any atom is -0.756 e. The van der Waals surface area contributed by atoms with Crippen molar-refractivity contribution < 1.29 is 64.9 Å². The topological polar surface area (TPSA) is 269 Å². The highest BCUT2D eigenvalue weighted by molar-refractivity contribution is 7.98. The van der Waals surface area contributed by atoms with Crippen molar-refractivity contribution in [2.45, 2.75) is 37.1 Å². The number of carbonyl (C=O) groups is 1. The van der Waals surface area contributed by atoms with Crippen LogP contribution in [0.5, 0.6) is 5.75 Å². The number of nitrogens with two attached hydrogens (primary N) is 1. The lowest BCUT2D eigenvalue weighted by Crippen LogP contribution is -2.37. The Balaban J connectivity index is 1.46. The Bertz CT molecular complexity index is 1710. The second kappa shape index (κ2) is 15.6. The van der Waals surface area contributed by atoms with E-state index in [1.807, 2.05) is 0 Å². The van der Waals surface area contributed by atoms with Crippen LogP contribution in [0.3, 0.4) is 0 Å². The van der Waals surface area contributed by atoms with Crippen LogP contribution in [0.15, 0.2) is 36.7 Å². The Morgan fingerprint density at radius 3 is 2.64 bits per heavy atom. The van der Waals surface area contributed by atoms with Crippen LogP contribution >= 0.6 is 46.8 Å². The zero-order valence-corrected chi connectivity index (χ0v) is 28.5. The average Bonchev–Trinajstić information content (AvgIpc) is 3.53. The van der Waals surface area contributed by atoms with E-state index in [0.29, 0.717) is 5.75 Å². The van der Waals surface area contributed by atoms with E-state index in [1.54, 1.807) is 12.3 Å². The number of nitrogen functional groups attached to an aromatic ring is 1. The fourth-order valence-electron chi connectivity index (χ4n) is 4.12. The highest BCUT2D eigenvalue weighted by Gasteiger charge is 2.47. The highest BCUT2D eigenvalue weighted by Crippen LogP contribution is 2.65. The fraction of sp³-hybridized carbons (Fsp3) is 0.455. The molecule has 4 unspecified atom stereocenters. The third kappa shape index (κ3) is 9.70. The van der Waals surface area contributed by atoms with E-state index in [1.165, 1.54) is 36.0 Å². The third-order valence-electron chi connectivity index (χ3n) is 6.18. The molecule has 1 aromatic carbocycles. The first-order chi connectivity index (χ1) is 22.1. The number of alkyl halides is 1. The Labute approximate surface area is 275 Å². The molecular formula is C22H28ClFN6O13P3S-. The van der Waals surface area contributed by atoms with Crippen LogP contribution in [0.25, 0.3) is 11.2 Å². The lowest BCUT2D eigenvalue weighted by molar-refractivity contribution is -0.210. The molecule has 3 aromatic rings. The zero-order chi connectivity index (χ0) is 34.6. The van der Waals surface area contributed by atoms with Gasteiger partial charge in [-0.3, -0.25) is 18.5 Å². The number of para-hydroxylation sites is 1. The molecule has 0 amide bonds. The summed E-state index contributed by atoms with van der Waals surface area (Å²) in [5.74, 6) is -0.916. The third-order valence-corrected chi connectivity index (χ3v) is 11.8. The number of carbonyl (C=O) groups excluding carboxylic acids is 1. The summed E-state index contributed by atoms with van der Waals surface area (Å²) >= 11 is 7.13. The van der Waals surface area contributed by atoms with E-state index < -0.39 is 66.6 Å². The van der Waals surface area contributed by atoms with E-state index in [4.69, 9.17) is 26.6 Å². The largest absolute Gasteiger partial charge is 0.756 e. The van der Waals surface area contributed by atoms with Crippen molar-refractivity contribution in [2.24, 2.45) is 0 Å². The SMILES string of the molecule is COC(=O)[C@H](CCSC)NP(=O)(Oc1ccccc1)OP(=O)([O-])OP(=O)(O)OC[C@H]1O[C@@H](n2cnc3c(N)nc(Cl)nc32)C(F)[C@H]1O. The van der Waals surface area contributed by atoms with Gasteiger partial charge in [-0.2, -0.15) is 26.8 Å². The van der Waals surface area contributed by atoms with Gasteiger partial charge in [0.1, 0.15) is 29.5 Å². The number of hydrogen-bond acceptors (Lipinski definition) is 17. The van der Waals surface area contributed by atoms with Gasteiger partial charge >= 0.3 is 21.5 Å². The number of nitrogens with one attached hydrogen (secondary N) is 1. The molecule has 1 aliphatic rings. The quantitative estimate of drug-likeness (QED) is 0.0926. The van der Waals surface area contributed by atoms with Crippen LogP contribution in [0.2, 0.25) is 5.28 Å². The standard InChI is InChI=1S/C22H29ClFN6O13P3S/c1-38-21(32)13(8-9-47-2)29-44(33,41-12-6-4-3-5-7-12)42-46(36,37)43-45(34,35)39-10-14-17(31)15(24)20(40-14)30-11-26-16-18(25)27-22(23)28-19(16)30/h3-7,11,13-15,17,20,31H,8-10H2,1-2H3,(H,29,33)(H,34,35)(H,36,37)(H2,25,27,28)/p-1/t13-,14+,15?,17-,20+,44?/m0/s1. The number of aromatic nitrogens is 4. The van der Waals surface area contributed by atoms with Gasteiger partial charge in [0.25, 0.3) is 7.82 Å². The van der Waals surface area contributed by atoms with Crippen molar-refractivity contribution in [3.63, 3.8) is 0 Å². The molecule has 1 saturated heterocycles. The predicted octanol–water partition coefficient (Wildman–Crippen LogP) is 2.35. The molecule has 0 radical (unpaired) electrons. The molecule has 25 heteroatoms. The van der Waals surface area contributed by atoms with Gasteiger partial charge < -0.3 is 34.6 Å². The Morgan fingerprint density at radius 2 is 1.98 bits per heavy atom. The first-order valence-corrected chi connectivity index (χ1v) is 19.4. The number of fused-ring (bicyclic) bond motifs is 1. The van der Waals surface area contributed by atoms with Gasteiger partial charge in [-0.05, 0) is 42.2 Å². The molecule has 0 saturated carbocycles. The number of thioether (sulfide) groups is 1. The maximum atomic E-state index is 15.1. The van der Waals surface area contributed by atoms with Crippen LogP contribution in [-0.4, -0.2) is 85.6 Å². The molecule has 0 bridgehead atoms. The van der Waals surface area contributed by atoms with Gasteiger partial charge in [-0.1, -0.05) is 18.2 Å². The molecule has 5 N–H and O–H groups in total. The van der Waals surface area contributed by atoms with Crippen LogP contribution in [0.4, 0.5) is 10.2 Å². The molecule has 8 atom stereocenters. The van der Waals surface area contributed by atoms with Gasteiger partial charge in [0.15, 0.2) is 23.9 Å². The molecule has 4 rings (SSSR count). The number of methoxy groups -OCH3 is 1. The number of aliphatic hydroxyl groups is 1. The maximum Gasteiger partial charge on any atom is 0.478 e.